The zero-order valence-electron chi connectivity index (χ0n) is 18.5. The number of carbonyl (C=O) groups is 2. The molecule has 10 nitrogen and oxygen atoms in total. The SMILES string of the molecule is Nc1ccc2c(c1)C(=O)N(CCN1CCOCCOCCOCCOCCOCC1)C2=O. The van der Waals surface area contributed by atoms with Crippen molar-refractivity contribution in [1.29, 1.82) is 0 Å². The maximum Gasteiger partial charge on any atom is 0.261 e. The molecule has 2 N–H and O–H groups in total. The van der Waals surface area contributed by atoms with Crippen LogP contribution in [0.15, 0.2) is 18.2 Å². The van der Waals surface area contributed by atoms with Crippen molar-refractivity contribution in [3.05, 3.63) is 29.3 Å². The quantitative estimate of drug-likeness (QED) is 0.511. The van der Waals surface area contributed by atoms with Gasteiger partial charge in [-0.3, -0.25) is 19.4 Å². The van der Waals surface area contributed by atoms with E-state index in [0.29, 0.717) is 109 Å². The summed E-state index contributed by atoms with van der Waals surface area (Å²) in [6.45, 7) is 7.23. The molecule has 1 aromatic rings. The molecule has 1 fully saturated rings. The standard InChI is InChI=1S/C22H33N3O7/c23-18-1-2-19-20(17-18)22(27)25(21(19)26)4-3-24-5-7-28-9-11-30-13-15-32-16-14-31-12-10-29-8-6-24/h1-2,17H,3-16,23H2. The molecule has 1 saturated heterocycles. The van der Waals surface area contributed by atoms with Crippen molar-refractivity contribution >= 4 is 17.5 Å². The molecule has 2 aliphatic rings. The summed E-state index contributed by atoms with van der Waals surface area (Å²) in [5.41, 5.74) is 7.01. The second-order valence-electron chi connectivity index (χ2n) is 7.47. The highest BCUT2D eigenvalue weighted by atomic mass is 16.6. The number of benzene rings is 1. The fourth-order valence-corrected chi connectivity index (χ4v) is 3.46. The minimum Gasteiger partial charge on any atom is -0.399 e. The molecule has 10 heteroatoms. The number of hydrogen-bond acceptors (Lipinski definition) is 9. The largest absolute Gasteiger partial charge is 0.399 e. The molecule has 0 saturated carbocycles. The Bertz CT molecular complexity index is 728. The van der Waals surface area contributed by atoms with E-state index in [9.17, 15) is 9.59 Å². The summed E-state index contributed by atoms with van der Waals surface area (Å²) in [6, 6.07) is 4.81. The van der Waals surface area contributed by atoms with Crippen molar-refractivity contribution < 1.29 is 33.3 Å². The number of amides is 2. The van der Waals surface area contributed by atoms with Crippen LogP contribution in [0.1, 0.15) is 20.7 Å². The third kappa shape index (κ3) is 7.51. The molecule has 0 radical (unpaired) electrons. The van der Waals surface area contributed by atoms with Crippen LogP contribution in [0, 0.1) is 0 Å². The molecule has 0 bridgehead atoms. The number of fused-ring (bicyclic) bond motifs is 1. The van der Waals surface area contributed by atoms with Crippen LogP contribution in [-0.2, 0) is 23.7 Å². The molecule has 3 rings (SSSR count). The Morgan fingerprint density at radius 2 is 1.12 bits per heavy atom. The molecule has 0 atom stereocenters. The summed E-state index contributed by atoms with van der Waals surface area (Å²) < 4.78 is 27.7. The van der Waals surface area contributed by atoms with Crippen LogP contribution in [0.3, 0.4) is 0 Å². The first-order chi connectivity index (χ1) is 15.7. The molecule has 0 unspecified atom stereocenters. The van der Waals surface area contributed by atoms with Crippen molar-refractivity contribution in [3.8, 4) is 0 Å². The highest BCUT2D eigenvalue weighted by Gasteiger charge is 2.35. The smallest absolute Gasteiger partial charge is 0.261 e. The Morgan fingerprint density at radius 1 is 0.656 bits per heavy atom. The van der Waals surface area contributed by atoms with Gasteiger partial charge < -0.3 is 29.4 Å². The lowest BCUT2D eigenvalue weighted by atomic mass is 10.1. The summed E-state index contributed by atoms with van der Waals surface area (Å²) in [4.78, 5) is 28.7. The highest BCUT2D eigenvalue weighted by molar-refractivity contribution is 6.21. The van der Waals surface area contributed by atoms with Gasteiger partial charge in [0.1, 0.15) is 0 Å². The molecule has 0 spiro atoms. The van der Waals surface area contributed by atoms with E-state index in [1.54, 1.807) is 18.2 Å². The van der Waals surface area contributed by atoms with E-state index in [1.807, 2.05) is 0 Å². The van der Waals surface area contributed by atoms with Gasteiger partial charge in [0.25, 0.3) is 11.8 Å². The molecule has 2 heterocycles. The third-order valence-corrected chi connectivity index (χ3v) is 5.23. The average Bonchev–Trinajstić information content (AvgIpc) is 3.02. The van der Waals surface area contributed by atoms with Crippen molar-refractivity contribution in [2.75, 3.05) is 98.0 Å². The van der Waals surface area contributed by atoms with E-state index in [-0.39, 0.29) is 11.8 Å². The van der Waals surface area contributed by atoms with Crippen LogP contribution in [-0.4, -0.2) is 114 Å². The maximum atomic E-state index is 12.7. The number of rotatable bonds is 3. The zero-order chi connectivity index (χ0) is 22.6. The number of nitrogens with zero attached hydrogens (tertiary/aromatic N) is 2. The topological polar surface area (TPSA) is 113 Å². The van der Waals surface area contributed by atoms with E-state index in [0.717, 1.165) is 0 Å². The Balaban J connectivity index is 1.48. The van der Waals surface area contributed by atoms with Crippen LogP contribution in [0.5, 0.6) is 0 Å². The van der Waals surface area contributed by atoms with Gasteiger partial charge in [-0.25, -0.2) is 0 Å². The van der Waals surface area contributed by atoms with E-state index in [1.165, 1.54) is 4.90 Å². The van der Waals surface area contributed by atoms with Crippen LogP contribution in [0.4, 0.5) is 5.69 Å². The average molecular weight is 452 g/mol. The summed E-state index contributed by atoms with van der Waals surface area (Å²) in [7, 11) is 0. The number of hydrogen-bond donors (Lipinski definition) is 1. The number of carbonyl (C=O) groups excluding carboxylic acids is 2. The fourth-order valence-electron chi connectivity index (χ4n) is 3.46. The minimum absolute atomic E-state index is 0.280. The fraction of sp³-hybridized carbons (Fsp3) is 0.636. The van der Waals surface area contributed by atoms with E-state index in [4.69, 9.17) is 29.4 Å². The number of nitrogen functional groups attached to an aromatic ring is 1. The second-order valence-corrected chi connectivity index (χ2v) is 7.47. The molecular weight excluding hydrogens is 418 g/mol. The Morgan fingerprint density at radius 3 is 1.66 bits per heavy atom. The van der Waals surface area contributed by atoms with Crippen molar-refractivity contribution in [3.63, 3.8) is 0 Å². The lowest BCUT2D eigenvalue weighted by Gasteiger charge is -2.24. The first-order valence-electron chi connectivity index (χ1n) is 11.0. The zero-order valence-corrected chi connectivity index (χ0v) is 18.5. The van der Waals surface area contributed by atoms with Gasteiger partial charge >= 0.3 is 0 Å². The van der Waals surface area contributed by atoms with Gasteiger partial charge in [0, 0.05) is 31.9 Å². The lowest BCUT2D eigenvalue weighted by Crippen LogP contribution is -2.40. The second kappa shape index (κ2) is 13.5. The van der Waals surface area contributed by atoms with Crippen molar-refractivity contribution in [2.45, 2.75) is 0 Å². The molecular formula is C22H33N3O7. The van der Waals surface area contributed by atoms with E-state index in [2.05, 4.69) is 4.90 Å². The number of nitrogens with two attached hydrogens (primary N) is 1. The van der Waals surface area contributed by atoms with E-state index >= 15 is 0 Å². The first-order valence-corrected chi connectivity index (χ1v) is 11.0. The molecule has 1 aromatic carbocycles. The molecule has 0 aliphatic carbocycles. The van der Waals surface area contributed by atoms with E-state index < -0.39 is 0 Å². The predicted molar refractivity (Wildman–Crippen MR) is 117 cm³/mol. The van der Waals surface area contributed by atoms with Gasteiger partial charge in [-0.05, 0) is 18.2 Å². The summed E-state index contributed by atoms with van der Waals surface area (Å²) >= 11 is 0. The number of imide groups is 1. The Labute approximate surface area is 188 Å². The predicted octanol–water partition coefficient (Wildman–Crippen LogP) is 0.263. The third-order valence-electron chi connectivity index (χ3n) is 5.23. The van der Waals surface area contributed by atoms with Crippen LogP contribution in [0.2, 0.25) is 0 Å². The van der Waals surface area contributed by atoms with Crippen LogP contribution in [0.25, 0.3) is 0 Å². The monoisotopic (exact) mass is 451 g/mol. The van der Waals surface area contributed by atoms with Gasteiger partial charge in [-0.15, -0.1) is 0 Å². The molecule has 2 aliphatic heterocycles. The highest BCUT2D eigenvalue weighted by Crippen LogP contribution is 2.24. The molecule has 32 heavy (non-hydrogen) atoms. The Hall–Kier alpha value is -2.08. The minimum atomic E-state index is -0.301. The lowest BCUT2D eigenvalue weighted by molar-refractivity contribution is -0.0187. The van der Waals surface area contributed by atoms with Gasteiger partial charge in [0.15, 0.2) is 0 Å². The van der Waals surface area contributed by atoms with Crippen LogP contribution < -0.4 is 5.73 Å². The normalized spacial score (nSPS) is 21.2. The molecule has 0 aromatic heterocycles. The number of ether oxygens (including phenoxy) is 5. The molecule has 2 amide bonds. The van der Waals surface area contributed by atoms with Gasteiger partial charge in [0.05, 0.1) is 77.2 Å². The first kappa shape index (κ1) is 24.6. The summed E-state index contributed by atoms with van der Waals surface area (Å²) in [6.07, 6.45) is 0. The maximum absolute atomic E-state index is 12.7. The summed E-state index contributed by atoms with van der Waals surface area (Å²) in [5.74, 6) is -0.582. The van der Waals surface area contributed by atoms with Crippen molar-refractivity contribution in [1.82, 2.24) is 9.80 Å². The molecule has 178 valence electrons. The van der Waals surface area contributed by atoms with Gasteiger partial charge in [0.2, 0.25) is 0 Å². The van der Waals surface area contributed by atoms with Gasteiger partial charge in [-0.2, -0.15) is 0 Å². The van der Waals surface area contributed by atoms with Crippen molar-refractivity contribution in [2.24, 2.45) is 0 Å². The number of anilines is 1. The summed E-state index contributed by atoms with van der Waals surface area (Å²) in [5, 5.41) is 0. The van der Waals surface area contributed by atoms with Gasteiger partial charge in [-0.1, -0.05) is 0 Å². The Kier molecular flexibility index (Phi) is 10.3. The van der Waals surface area contributed by atoms with Crippen LogP contribution >= 0.6 is 0 Å².